The molecule has 3 heteroatoms. The Hall–Kier alpha value is -2.42. The maximum atomic E-state index is 12.1. The molecule has 0 N–H and O–H groups in total. The third-order valence-electron chi connectivity index (χ3n) is 2.78. The van der Waals surface area contributed by atoms with E-state index in [-0.39, 0.29) is 11.8 Å². The van der Waals surface area contributed by atoms with Crippen molar-refractivity contribution >= 4 is 17.5 Å². The number of benzene rings is 2. The summed E-state index contributed by atoms with van der Waals surface area (Å²) in [5, 5.41) is 0. The van der Waals surface area contributed by atoms with Crippen molar-refractivity contribution in [2.24, 2.45) is 0 Å². The van der Waals surface area contributed by atoms with E-state index >= 15 is 0 Å². The number of imide groups is 1. The van der Waals surface area contributed by atoms with Crippen LogP contribution in [0.4, 0.5) is 5.69 Å². The zero-order chi connectivity index (χ0) is 11.8. The van der Waals surface area contributed by atoms with Gasteiger partial charge in [-0.3, -0.25) is 9.59 Å². The molecule has 0 unspecified atom stereocenters. The highest BCUT2D eigenvalue weighted by Gasteiger charge is 2.30. The molecule has 0 saturated heterocycles. The van der Waals surface area contributed by atoms with Gasteiger partial charge in [0.05, 0.1) is 5.69 Å². The first-order valence-electron chi connectivity index (χ1n) is 5.31. The Morgan fingerprint density at radius 2 is 1.29 bits per heavy atom. The second-order valence-corrected chi connectivity index (χ2v) is 3.86. The van der Waals surface area contributed by atoms with Crippen LogP contribution in [-0.2, 0) is 0 Å². The first kappa shape index (κ1) is 9.78. The Labute approximate surface area is 98.3 Å². The van der Waals surface area contributed by atoms with Crippen LogP contribution in [0.25, 0.3) is 0 Å². The van der Waals surface area contributed by atoms with Crippen LogP contribution in [0, 0.1) is 0 Å². The number of amides is 2. The zero-order valence-corrected chi connectivity index (χ0v) is 8.96. The molecule has 2 amide bonds. The average molecular weight is 223 g/mol. The number of hydrogen-bond donors (Lipinski definition) is 0. The van der Waals surface area contributed by atoms with Crippen molar-refractivity contribution in [1.82, 2.24) is 0 Å². The monoisotopic (exact) mass is 223 g/mol. The van der Waals surface area contributed by atoms with Crippen LogP contribution >= 0.6 is 0 Å². The SMILES string of the molecule is O=C1c2cccc(c2)C(=O)N1c1ccccc1. The smallest absolute Gasteiger partial charge is 0.265 e. The maximum Gasteiger partial charge on any atom is 0.265 e. The average Bonchev–Trinajstić information content (AvgIpc) is 2.39. The van der Waals surface area contributed by atoms with Gasteiger partial charge in [-0.25, -0.2) is 4.90 Å². The number of nitrogens with zero attached hydrogens (tertiary/aromatic N) is 1. The lowest BCUT2D eigenvalue weighted by Gasteiger charge is -2.25. The topological polar surface area (TPSA) is 37.4 Å². The summed E-state index contributed by atoms with van der Waals surface area (Å²) < 4.78 is 0. The molecule has 0 atom stereocenters. The molecular weight excluding hydrogens is 214 g/mol. The molecule has 0 spiro atoms. The Bertz CT molecular complexity index is 573. The van der Waals surface area contributed by atoms with Gasteiger partial charge in [0.25, 0.3) is 11.8 Å². The van der Waals surface area contributed by atoms with Crippen LogP contribution in [0.1, 0.15) is 20.7 Å². The van der Waals surface area contributed by atoms with E-state index in [0.717, 1.165) is 0 Å². The van der Waals surface area contributed by atoms with Crippen LogP contribution in [-0.4, -0.2) is 11.8 Å². The summed E-state index contributed by atoms with van der Waals surface area (Å²) in [6, 6.07) is 15.7. The van der Waals surface area contributed by atoms with Gasteiger partial charge in [-0.1, -0.05) is 24.3 Å². The van der Waals surface area contributed by atoms with Gasteiger partial charge < -0.3 is 0 Å². The molecule has 1 aliphatic heterocycles. The molecule has 0 aromatic heterocycles. The van der Waals surface area contributed by atoms with Crippen molar-refractivity contribution in [2.45, 2.75) is 0 Å². The molecule has 0 radical (unpaired) electrons. The summed E-state index contributed by atoms with van der Waals surface area (Å²) in [5.41, 5.74) is 1.70. The van der Waals surface area contributed by atoms with E-state index in [0.29, 0.717) is 16.8 Å². The predicted molar refractivity (Wildman–Crippen MR) is 64.0 cm³/mol. The molecule has 1 heterocycles. The van der Waals surface area contributed by atoms with E-state index in [1.165, 1.54) is 4.90 Å². The molecule has 2 bridgehead atoms. The minimum atomic E-state index is -0.269. The van der Waals surface area contributed by atoms with Crippen molar-refractivity contribution in [3.63, 3.8) is 0 Å². The van der Waals surface area contributed by atoms with Gasteiger partial charge in [-0.05, 0) is 30.3 Å². The largest absolute Gasteiger partial charge is 0.268 e. The van der Waals surface area contributed by atoms with E-state index in [2.05, 4.69) is 0 Å². The van der Waals surface area contributed by atoms with Crippen LogP contribution < -0.4 is 4.90 Å². The molecular formula is C14H9NO2. The molecule has 2 aromatic rings. The van der Waals surface area contributed by atoms with Gasteiger partial charge in [-0.15, -0.1) is 0 Å². The lowest BCUT2D eigenvalue weighted by atomic mass is 10.0. The van der Waals surface area contributed by atoms with Crippen LogP contribution in [0.5, 0.6) is 0 Å². The van der Waals surface area contributed by atoms with Crippen molar-refractivity contribution in [2.75, 3.05) is 4.90 Å². The van der Waals surface area contributed by atoms with E-state index in [4.69, 9.17) is 0 Å². The van der Waals surface area contributed by atoms with Gasteiger partial charge in [0.1, 0.15) is 0 Å². The minimum absolute atomic E-state index is 0.269. The van der Waals surface area contributed by atoms with Crippen molar-refractivity contribution in [3.8, 4) is 0 Å². The fourth-order valence-corrected chi connectivity index (χ4v) is 1.95. The third kappa shape index (κ3) is 1.44. The number of para-hydroxylation sites is 1. The van der Waals surface area contributed by atoms with Crippen molar-refractivity contribution in [3.05, 3.63) is 65.7 Å². The molecule has 82 valence electrons. The molecule has 0 fully saturated rings. The first-order valence-corrected chi connectivity index (χ1v) is 5.31. The lowest BCUT2D eigenvalue weighted by Crippen LogP contribution is -2.40. The molecule has 2 aromatic carbocycles. The second kappa shape index (κ2) is 3.56. The highest BCUT2D eigenvalue weighted by atomic mass is 16.2. The summed E-state index contributed by atoms with van der Waals surface area (Å²) in [5.74, 6) is -0.538. The summed E-state index contributed by atoms with van der Waals surface area (Å²) in [7, 11) is 0. The highest BCUT2D eigenvalue weighted by molar-refractivity contribution is 6.28. The first-order chi connectivity index (χ1) is 8.27. The standard InChI is InChI=1S/C14H9NO2/c16-13-10-5-4-6-11(9-10)14(17)15(13)12-7-2-1-3-8-12/h1-9H. The number of hydrogen-bond acceptors (Lipinski definition) is 2. The van der Waals surface area contributed by atoms with Gasteiger partial charge in [0.15, 0.2) is 0 Å². The predicted octanol–water partition coefficient (Wildman–Crippen LogP) is 2.49. The van der Waals surface area contributed by atoms with E-state index in [9.17, 15) is 9.59 Å². The van der Waals surface area contributed by atoms with Crippen molar-refractivity contribution < 1.29 is 9.59 Å². The molecule has 3 rings (SSSR count). The quantitative estimate of drug-likeness (QED) is 0.696. The van der Waals surface area contributed by atoms with E-state index < -0.39 is 0 Å². The summed E-state index contributed by atoms with van der Waals surface area (Å²) in [6.07, 6.45) is 0. The van der Waals surface area contributed by atoms with Gasteiger partial charge in [0.2, 0.25) is 0 Å². The highest BCUT2D eigenvalue weighted by Crippen LogP contribution is 2.24. The van der Waals surface area contributed by atoms with Crippen molar-refractivity contribution in [1.29, 1.82) is 0 Å². The second-order valence-electron chi connectivity index (χ2n) is 3.86. The van der Waals surface area contributed by atoms with Gasteiger partial charge in [-0.2, -0.15) is 0 Å². The maximum absolute atomic E-state index is 12.1. The molecule has 0 aliphatic carbocycles. The van der Waals surface area contributed by atoms with E-state index in [1.807, 2.05) is 6.07 Å². The summed E-state index contributed by atoms with van der Waals surface area (Å²) in [6.45, 7) is 0. The Morgan fingerprint density at radius 1 is 0.706 bits per heavy atom. The van der Waals surface area contributed by atoms with Crippen LogP contribution in [0.3, 0.4) is 0 Å². The fraction of sp³-hybridized carbons (Fsp3) is 0. The van der Waals surface area contributed by atoms with E-state index in [1.54, 1.807) is 48.5 Å². The summed E-state index contributed by atoms with van der Waals surface area (Å²) >= 11 is 0. The van der Waals surface area contributed by atoms with Gasteiger partial charge >= 0.3 is 0 Å². The lowest BCUT2D eigenvalue weighted by molar-refractivity contribution is 0.0889. The fourth-order valence-electron chi connectivity index (χ4n) is 1.95. The minimum Gasteiger partial charge on any atom is -0.268 e. The van der Waals surface area contributed by atoms with Crippen LogP contribution in [0.2, 0.25) is 0 Å². The summed E-state index contributed by atoms with van der Waals surface area (Å²) in [4.78, 5) is 25.4. The number of anilines is 1. The molecule has 3 nitrogen and oxygen atoms in total. The number of carbonyl (C=O) groups excluding carboxylic acids is 2. The van der Waals surface area contributed by atoms with Gasteiger partial charge in [0, 0.05) is 11.1 Å². The molecule has 0 saturated carbocycles. The number of fused-ring (bicyclic) bond motifs is 2. The Morgan fingerprint density at radius 3 is 1.88 bits per heavy atom. The molecule has 17 heavy (non-hydrogen) atoms. The third-order valence-corrected chi connectivity index (χ3v) is 2.78. The number of rotatable bonds is 1. The van der Waals surface area contributed by atoms with Crippen LogP contribution in [0.15, 0.2) is 54.6 Å². The Kier molecular flexibility index (Phi) is 2.05. The normalized spacial score (nSPS) is 14.0. The number of carbonyl (C=O) groups is 2. The Balaban J connectivity index is 2.15. The zero-order valence-electron chi connectivity index (χ0n) is 8.96. The molecule has 1 aliphatic rings.